The third-order valence-electron chi connectivity index (χ3n) is 3.53. The van der Waals surface area contributed by atoms with Crippen molar-refractivity contribution in [3.8, 4) is 11.5 Å². The van der Waals surface area contributed by atoms with E-state index in [1.165, 1.54) is 25.7 Å². The van der Waals surface area contributed by atoms with E-state index in [1.807, 2.05) is 12.1 Å². The second-order valence-electron chi connectivity index (χ2n) is 5.21. The summed E-state index contributed by atoms with van der Waals surface area (Å²) < 4.78 is 10.6. The molecule has 0 bridgehead atoms. The van der Waals surface area contributed by atoms with E-state index >= 15 is 0 Å². The summed E-state index contributed by atoms with van der Waals surface area (Å²) in [7, 11) is 3.28. The summed E-state index contributed by atoms with van der Waals surface area (Å²) in [6.45, 7) is 4.45. The number of methoxy groups -OCH3 is 2. The Balaban J connectivity index is 2.32. The van der Waals surface area contributed by atoms with Gasteiger partial charge in [-0.3, -0.25) is 0 Å². The zero-order valence-electron chi connectivity index (χ0n) is 13.5. The summed E-state index contributed by atoms with van der Waals surface area (Å²) >= 11 is 6.29. The molecule has 1 aromatic carbocycles. The topological polar surface area (TPSA) is 30.5 Å². The van der Waals surface area contributed by atoms with Gasteiger partial charge in [-0.15, -0.1) is 0 Å². The molecule has 0 saturated carbocycles. The summed E-state index contributed by atoms with van der Waals surface area (Å²) in [5, 5.41) is 4.19. The zero-order valence-corrected chi connectivity index (χ0v) is 14.3. The van der Waals surface area contributed by atoms with Gasteiger partial charge in [0.25, 0.3) is 0 Å². The van der Waals surface area contributed by atoms with Gasteiger partial charge >= 0.3 is 0 Å². The number of benzene rings is 1. The Morgan fingerprint density at radius 1 is 0.952 bits per heavy atom. The lowest BCUT2D eigenvalue weighted by Crippen LogP contribution is -2.15. The second kappa shape index (κ2) is 10.7. The number of nitrogens with one attached hydrogen (secondary N) is 1. The van der Waals surface area contributed by atoms with Gasteiger partial charge in [0.15, 0.2) is 11.5 Å². The normalized spacial score (nSPS) is 10.7. The minimum atomic E-state index is 0.688. The summed E-state index contributed by atoms with van der Waals surface area (Å²) in [5.41, 5.74) is 1.14. The smallest absolute Gasteiger partial charge is 0.162 e. The van der Waals surface area contributed by atoms with Crippen molar-refractivity contribution < 1.29 is 9.47 Å². The SMILES string of the molecule is CCCNCCCCCCc1cc(OC)c(OC)cc1Cl. The maximum absolute atomic E-state index is 6.29. The van der Waals surface area contributed by atoms with E-state index < -0.39 is 0 Å². The lowest BCUT2D eigenvalue weighted by Gasteiger charge is -2.11. The molecule has 4 heteroatoms. The van der Waals surface area contributed by atoms with E-state index in [4.69, 9.17) is 21.1 Å². The third-order valence-corrected chi connectivity index (χ3v) is 3.88. The molecular weight excluding hydrogens is 286 g/mol. The van der Waals surface area contributed by atoms with Gasteiger partial charge in [-0.05, 0) is 50.4 Å². The summed E-state index contributed by atoms with van der Waals surface area (Å²) in [6.07, 6.45) is 7.10. The van der Waals surface area contributed by atoms with Crippen LogP contribution >= 0.6 is 11.6 Å². The lowest BCUT2D eigenvalue weighted by atomic mass is 10.1. The molecule has 0 aliphatic rings. The van der Waals surface area contributed by atoms with E-state index in [1.54, 1.807) is 14.2 Å². The van der Waals surface area contributed by atoms with Crippen LogP contribution in [0.2, 0.25) is 5.02 Å². The van der Waals surface area contributed by atoms with Crippen LogP contribution in [0.25, 0.3) is 0 Å². The summed E-state index contributed by atoms with van der Waals surface area (Å²) in [4.78, 5) is 0. The number of aryl methyl sites for hydroxylation is 1. The molecule has 1 aromatic rings. The molecule has 0 amide bonds. The highest BCUT2D eigenvalue weighted by atomic mass is 35.5. The van der Waals surface area contributed by atoms with Crippen LogP contribution in [0, 0.1) is 0 Å². The van der Waals surface area contributed by atoms with Crippen LogP contribution < -0.4 is 14.8 Å². The van der Waals surface area contributed by atoms with Crippen molar-refractivity contribution in [2.45, 2.75) is 45.4 Å². The number of hydrogen-bond donors (Lipinski definition) is 1. The Hall–Kier alpha value is -0.930. The molecule has 0 heterocycles. The Bertz CT molecular complexity index is 410. The van der Waals surface area contributed by atoms with Crippen LogP contribution in [-0.4, -0.2) is 27.3 Å². The first kappa shape index (κ1) is 18.1. The predicted octanol–water partition coefficient (Wildman–Crippen LogP) is 4.46. The van der Waals surface area contributed by atoms with Crippen molar-refractivity contribution in [2.24, 2.45) is 0 Å². The highest BCUT2D eigenvalue weighted by molar-refractivity contribution is 6.31. The van der Waals surface area contributed by atoms with Crippen molar-refractivity contribution in [1.29, 1.82) is 0 Å². The van der Waals surface area contributed by atoms with Crippen molar-refractivity contribution in [1.82, 2.24) is 5.32 Å². The second-order valence-corrected chi connectivity index (χ2v) is 5.62. The highest BCUT2D eigenvalue weighted by Gasteiger charge is 2.09. The molecule has 0 aliphatic heterocycles. The fourth-order valence-electron chi connectivity index (χ4n) is 2.31. The van der Waals surface area contributed by atoms with Crippen molar-refractivity contribution >= 4 is 11.6 Å². The van der Waals surface area contributed by atoms with Crippen molar-refractivity contribution in [2.75, 3.05) is 27.3 Å². The molecule has 0 unspecified atom stereocenters. The van der Waals surface area contributed by atoms with Crippen LogP contribution in [0.5, 0.6) is 11.5 Å². The Labute approximate surface area is 134 Å². The average Bonchev–Trinajstić information content (AvgIpc) is 2.50. The maximum atomic E-state index is 6.29. The van der Waals surface area contributed by atoms with Crippen LogP contribution in [0.1, 0.15) is 44.6 Å². The fraction of sp³-hybridized carbons (Fsp3) is 0.647. The van der Waals surface area contributed by atoms with Crippen LogP contribution in [0.15, 0.2) is 12.1 Å². The largest absolute Gasteiger partial charge is 0.493 e. The van der Waals surface area contributed by atoms with Gasteiger partial charge in [0.05, 0.1) is 14.2 Å². The minimum absolute atomic E-state index is 0.688. The van der Waals surface area contributed by atoms with Crippen molar-refractivity contribution in [3.05, 3.63) is 22.7 Å². The number of ether oxygens (including phenoxy) is 2. The summed E-state index contributed by atoms with van der Waals surface area (Å²) in [5.74, 6) is 1.44. The molecule has 21 heavy (non-hydrogen) atoms. The predicted molar refractivity (Wildman–Crippen MR) is 89.9 cm³/mol. The first-order valence-electron chi connectivity index (χ1n) is 7.84. The van der Waals surface area contributed by atoms with Gasteiger partial charge in [0, 0.05) is 11.1 Å². The van der Waals surface area contributed by atoms with Gasteiger partial charge < -0.3 is 14.8 Å². The van der Waals surface area contributed by atoms with E-state index in [2.05, 4.69) is 12.2 Å². The third kappa shape index (κ3) is 6.58. The highest BCUT2D eigenvalue weighted by Crippen LogP contribution is 2.33. The molecule has 120 valence electrons. The molecule has 0 aromatic heterocycles. The van der Waals surface area contributed by atoms with E-state index in [0.717, 1.165) is 42.3 Å². The molecule has 0 atom stereocenters. The molecule has 0 aliphatic carbocycles. The van der Waals surface area contributed by atoms with Gasteiger partial charge in [-0.25, -0.2) is 0 Å². The molecule has 0 radical (unpaired) electrons. The standard InChI is InChI=1S/C17H28ClNO2/c1-4-10-19-11-8-6-5-7-9-14-12-16(20-2)17(21-3)13-15(14)18/h12-13,19H,4-11H2,1-3H3. The Morgan fingerprint density at radius 2 is 1.62 bits per heavy atom. The van der Waals surface area contributed by atoms with E-state index in [9.17, 15) is 0 Å². The Morgan fingerprint density at radius 3 is 2.29 bits per heavy atom. The van der Waals surface area contributed by atoms with Gasteiger partial charge in [-0.2, -0.15) is 0 Å². The van der Waals surface area contributed by atoms with Crippen molar-refractivity contribution in [3.63, 3.8) is 0 Å². The molecule has 1 N–H and O–H groups in total. The first-order chi connectivity index (χ1) is 10.2. The lowest BCUT2D eigenvalue weighted by molar-refractivity contribution is 0.354. The van der Waals surface area contributed by atoms with Crippen LogP contribution in [0.3, 0.4) is 0 Å². The number of halogens is 1. The monoisotopic (exact) mass is 313 g/mol. The molecule has 0 fully saturated rings. The van der Waals surface area contributed by atoms with Gasteiger partial charge in [0.2, 0.25) is 0 Å². The molecule has 0 spiro atoms. The molecule has 1 rings (SSSR count). The number of rotatable bonds is 11. The minimum Gasteiger partial charge on any atom is -0.493 e. The van der Waals surface area contributed by atoms with Crippen LogP contribution in [0.4, 0.5) is 0 Å². The van der Waals surface area contributed by atoms with Gasteiger partial charge in [0.1, 0.15) is 0 Å². The number of unbranched alkanes of at least 4 members (excludes halogenated alkanes) is 3. The van der Waals surface area contributed by atoms with E-state index in [-0.39, 0.29) is 0 Å². The number of hydrogen-bond acceptors (Lipinski definition) is 3. The fourth-order valence-corrected chi connectivity index (χ4v) is 2.56. The Kier molecular flexibility index (Phi) is 9.27. The molecule has 3 nitrogen and oxygen atoms in total. The van der Waals surface area contributed by atoms with Gasteiger partial charge in [-0.1, -0.05) is 31.4 Å². The molecule has 0 saturated heterocycles. The maximum Gasteiger partial charge on any atom is 0.162 e. The first-order valence-corrected chi connectivity index (χ1v) is 8.21. The zero-order chi connectivity index (χ0) is 15.5. The van der Waals surface area contributed by atoms with Crippen LogP contribution in [-0.2, 0) is 6.42 Å². The quantitative estimate of drug-likeness (QED) is 0.612. The molecular formula is C17H28ClNO2. The average molecular weight is 314 g/mol. The van der Waals surface area contributed by atoms with E-state index in [0.29, 0.717) is 5.75 Å². The summed E-state index contributed by atoms with van der Waals surface area (Å²) in [6, 6.07) is 3.83.